The van der Waals surface area contributed by atoms with E-state index in [1.165, 1.54) is 128 Å². The van der Waals surface area contributed by atoms with Gasteiger partial charge in [-0.3, -0.25) is 9.59 Å². The van der Waals surface area contributed by atoms with Crippen molar-refractivity contribution >= 4 is 11.6 Å². The molecule has 0 saturated heterocycles. The van der Waals surface area contributed by atoms with Gasteiger partial charge in [0.2, 0.25) is 0 Å². The molecule has 0 aliphatic heterocycles. The van der Waals surface area contributed by atoms with E-state index >= 15 is 0 Å². The Morgan fingerprint density at radius 3 is 1.12 bits per heavy atom. The van der Waals surface area contributed by atoms with E-state index in [-0.39, 0.29) is 5.92 Å². The van der Waals surface area contributed by atoms with E-state index in [0.29, 0.717) is 30.8 Å². The smallest absolute Gasteiger partial charge is 0.136 e. The van der Waals surface area contributed by atoms with Gasteiger partial charge in [0.1, 0.15) is 11.6 Å². The highest BCUT2D eigenvalue weighted by atomic mass is 16.1. The third-order valence-corrected chi connectivity index (χ3v) is 7.51. The van der Waals surface area contributed by atoms with Gasteiger partial charge in [0.05, 0.1) is 0 Å². The summed E-state index contributed by atoms with van der Waals surface area (Å²) < 4.78 is 0. The third kappa shape index (κ3) is 23.1. The number of Topliss-reactive ketones (excluding diaryl/α,β-unsaturated/α-hetero) is 2. The van der Waals surface area contributed by atoms with E-state index in [1.54, 1.807) is 0 Å². The maximum atomic E-state index is 12.6. The van der Waals surface area contributed by atoms with Crippen LogP contribution in [-0.2, 0) is 9.59 Å². The predicted molar refractivity (Wildman–Crippen MR) is 151 cm³/mol. The Hall–Kier alpha value is -0.660. The fourth-order valence-corrected chi connectivity index (χ4v) is 5.02. The van der Waals surface area contributed by atoms with Gasteiger partial charge in [0, 0.05) is 25.2 Å². The topological polar surface area (TPSA) is 34.1 Å². The zero-order valence-corrected chi connectivity index (χ0v) is 23.8. The molecule has 0 radical (unpaired) electrons. The molecular weight excluding hydrogens is 416 g/mol. The van der Waals surface area contributed by atoms with E-state index in [9.17, 15) is 9.59 Å². The van der Waals surface area contributed by atoms with E-state index in [0.717, 1.165) is 19.3 Å². The highest BCUT2D eigenvalue weighted by molar-refractivity contribution is 5.87. The lowest BCUT2D eigenvalue weighted by Crippen LogP contribution is -2.17. The van der Waals surface area contributed by atoms with Crippen molar-refractivity contribution in [1.82, 2.24) is 0 Å². The summed E-state index contributed by atoms with van der Waals surface area (Å²) in [6.45, 7) is 6.60. The molecule has 2 heteroatoms. The van der Waals surface area contributed by atoms with Crippen LogP contribution >= 0.6 is 0 Å². The van der Waals surface area contributed by atoms with Crippen LogP contribution in [0.4, 0.5) is 0 Å². The fourth-order valence-electron chi connectivity index (χ4n) is 5.02. The standard InChI is InChI=1S/C32H62O2/c1-4-7-9-11-13-15-17-18-19-21-23-25-27-31(33)29-30(6-3)32(34)28-26-24-22-20-16-14-12-10-8-5-2/h30H,4-29H2,1-3H3. The molecule has 0 aromatic carbocycles. The number of hydrogen-bond donors (Lipinski definition) is 0. The summed E-state index contributed by atoms with van der Waals surface area (Å²) in [5, 5.41) is 0. The first-order chi connectivity index (χ1) is 16.7. The summed E-state index contributed by atoms with van der Waals surface area (Å²) in [7, 11) is 0. The van der Waals surface area contributed by atoms with Crippen LogP contribution in [0.2, 0.25) is 0 Å². The van der Waals surface area contributed by atoms with Gasteiger partial charge in [-0.2, -0.15) is 0 Å². The van der Waals surface area contributed by atoms with Crippen LogP contribution in [0.1, 0.15) is 188 Å². The predicted octanol–water partition coefficient (Wildman–Crippen LogP) is 10.9. The first kappa shape index (κ1) is 33.3. The van der Waals surface area contributed by atoms with Crippen LogP contribution in [0.5, 0.6) is 0 Å². The fraction of sp³-hybridized carbons (Fsp3) is 0.938. The number of hydrogen-bond acceptors (Lipinski definition) is 2. The number of carbonyl (C=O) groups is 2. The molecule has 0 saturated carbocycles. The molecule has 202 valence electrons. The van der Waals surface area contributed by atoms with Gasteiger partial charge in [-0.05, 0) is 19.3 Å². The molecule has 0 bridgehead atoms. The molecule has 2 nitrogen and oxygen atoms in total. The van der Waals surface area contributed by atoms with Gasteiger partial charge < -0.3 is 0 Å². The molecule has 1 unspecified atom stereocenters. The summed E-state index contributed by atoms with van der Waals surface area (Å²) in [6, 6.07) is 0. The Bertz CT molecular complexity index is 442. The zero-order chi connectivity index (χ0) is 25.1. The number of carbonyl (C=O) groups excluding carboxylic acids is 2. The van der Waals surface area contributed by atoms with Crippen molar-refractivity contribution in [3.63, 3.8) is 0 Å². The molecule has 0 aromatic heterocycles. The van der Waals surface area contributed by atoms with Gasteiger partial charge in [0.25, 0.3) is 0 Å². The van der Waals surface area contributed by atoms with Gasteiger partial charge in [0.15, 0.2) is 0 Å². The molecule has 0 heterocycles. The van der Waals surface area contributed by atoms with Crippen LogP contribution in [0, 0.1) is 5.92 Å². The Morgan fingerprint density at radius 2 is 0.765 bits per heavy atom. The first-order valence-corrected chi connectivity index (χ1v) is 15.7. The van der Waals surface area contributed by atoms with Crippen molar-refractivity contribution in [2.45, 2.75) is 188 Å². The molecule has 34 heavy (non-hydrogen) atoms. The van der Waals surface area contributed by atoms with E-state index < -0.39 is 0 Å². The lowest BCUT2D eigenvalue weighted by molar-refractivity contribution is -0.128. The molecule has 1 atom stereocenters. The summed E-state index contributed by atoms with van der Waals surface area (Å²) in [5.74, 6) is 0.629. The second kappa shape index (κ2) is 26.9. The highest BCUT2D eigenvalue weighted by Crippen LogP contribution is 2.18. The average molecular weight is 479 g/mol. The summed E-state index contributed by atoms with van der Waals surface area (Å²) in [4.78, 5) is 25.0. The monoisotopic (exact) mass is 478 g/mol. The first-order valence-electron chi connectivity index (χ1n) is 15.7. The van der Waals surface area contributed by atoms with Crippen molar-refractivity contribution in [3.05, 3.63) is 0 Å². The maximum absolute atomic E-state index is 12.6. The van der Waals surface area contributed by atoms with Crippen LogP contribution in [0.25, 0.3) is 0 Å². The summed E-state index contributed by atoms with van der Waals surface area (Å²) in [5.41, 5.74) is 0. The van der Waals surface area contributed by atoms with E-state index in [4.69, 9.17) is 0 Å². The van der Waals surface area contributed by atoms with Crippen molar-refractivity contribution < 1.29 is 9.59 Å². The summed E-state index contributed by atoms with van der Waals surface area (Å²) >= 11 is 0. The van der Waals surface area contributed by atoms with Gasteiger partial charge in [-0.1, -0.05) is 149 Å². The Balaban J connectivity index is 3.60. The van der Waals surface area contributed by atoms with Crippen molar-refractivity contribution in [2.75, 3.05) is 0 Å². The van der Waals surface area contributed by atoms with E-state index in [2.05, 4.69) is 20.8 Å². The van der Waals surface area contributed by atoms with Crippen LogP contribution in [0.15, 0.2) is 0 Å². The molecule has 0 fully saturated rings. The van der Waals surface area contributed by atoms with Crippen molar-refractivity contribution in [1.29, 1.82) is 0 Å². The van der Waals surface area contributed by atoms with Gasteiger partial charge >= 0.3 is 0 Å². The molecule has 0 spiro atoms. The molecule has 0 rings (SSSR count). The molecule has 0 aliphatic carbocycles. The maximum Gasteiger partial charge on any atom is 0.136 e. The van der Waals surface area contributed by atoms with Crippen molar-refractivity contribution in [3.8, 4) is 0 Å². The SMILES string of the molecule is CCCCCCCCCCCCCCC(=O)CC(CC)C(=O)CCCCCCCCCCCC. The normalized spacial score (nSPS) is 12.2. The Kier molecular flexibility index (Phi) is 26.4. The molecular formula is C32H62O2. The van der Waals surface area contributed by atoms with Gasteiger partial charge in [-0.15, -0.1) is 0 Å². The zero-order valence-electron chi connectivity index (χ0n) is 23.8. The number of rotatable bonds is 28. The molecule has 0 aromatic rings. The second-order valence-electron chi connectivity index (χ2n) is 10.9. The van der Waals surface area contributed by atoms with E-state index in [1.807, 2.05) is 0 Å². The minimum atomic E-state index is -0.0246. The Labute approximate surface area is 214 Å². The highest BCUT2D eigenvalue weighted by Gasteiger charge is 2.19. The summed E-state index contributed by atoms with van der Waals surface area (Å²) in [6.07, 6.45) is 31.5. The minimum Gasteiger partial charge on any atom is -0.300 e. The number of ketones is 2. The van der Waals surface area contributed by atoms with Crippen molar-refractivity contribution in [2.24, 2.45) is 5.92 Å². The number of unbranched alkanes of at least 4 members (excludes halogenated alkanes) is 20. The largest absolute Gasteiger partial charge is 0.300 e. The van der Waals surface area contributed by atoms with Crippen LogP contribution < -0.4 is 0 Å². The van der Waals surface area contributed by atoms with Crippen LogP contribution in [-0.4, -0.2) is 11.6 Å². The molecule has 0 N–H and O–H groups in total. The Morgan fingerprint density at radius 1 is 0.441 bits per heavy atom. The minimum absolute atomic E-state index is 0.0246. The third-order valence-electron chi connectivity index (χ3n) is 7.51. The van der Waals surface area contributed by atoms with Gasteiger partial charge in [-0.25, -0.2) is 0 Å². The molecule has 0 aliphatic rings. The lowest BCUT2D eigenvalue weighted by Gasteiger charge is -2.13. The second-order valence-corrected chi connectivity index (χ2v) is 10.9. The van der Waals surface area contributed by atoms with Crippen LogP contribution in [0.3, 0.4) is 0 Å². The lowest BCUT2D eigenvalue weighted by atomic mass is 9.90. The molecule has 0 amide bonds. The average Bonchev–Trinajstić information content (AvgIpc) is 2.84. The quantitative estimate of drug-likeness (QED) is 0.105.